The van der Waals surface area contributed by atoms with Gasteiger partial charge in [-0.05, 0) is 56.9 Å². The van der Waals surface area contributed by atoms with Gasteiger partial charge >= 0.3 is 5.97 Å². The first-order chi connectivity index (χ1) is 20.7. The van der Waals surface area contributed by atoms with Gasteiger partial charge in [-0.25, -0.2) is 0 Å². The number of benzene rings is 1. The van der Waals surface area contributed by atoms with E-state index in [1.807, 2.05) is 41.3 Å². The van der Waals surface area contributed by atoms with Crippen LogP contribution in [0.25, 0.3) is 0 Å². The van der Waals surface area contributed by atoms with Gasteiger partial charge in [0.2, 0.25) is 11.8 Å². The molecule has 2 bridgehead atoms. The predicted octanol–water partition coefficient (Wildman–Crippen LogP) is 6.31. The predicted molar refractivity (Wildman–Crippen MR) is 180 cm³/mol. The van der Waals surface area contributed by atoms with Crippen molar-refractivity contribution in [2.24, 2.45) is 17.3 Å². The second-order valence-electron chi connectivity index (χ2n) is 14.3. The maximum atomic E-state index is 15.1. The molecule has 3 heterocycles. The number of carbonyl (C=O) groups excluding carboxylic acids is 3. The average Bonchev–Trinajstić information content (AvgIpc) is 3.54. The fourth-order valence-corrected chi connectivity index (χ4v) is 11.5. The van der Waals surface area contributed by atoms with Crippen LogP contribution in [0.5, 0.6) is 0 Å². The van der Waals surface area contributed by atoms with Crippen molar-refractivity contribution in [3.8, 4) is 0 Å². The van der Waals surface area contributed by atoms with Gasteiger partial charge in [0.15, 0.2) is 0 Å². The highest BCUT2D eigenvalue weighted by Crippen LogP contribution is 2.68. The zero-order chi connectivity index (χ0) is 32.4. The third-order valence-corrected chi connectivity index (χ3v) is 12.5. The summed E-state index contributed by atoms with van der Waals surface area (Å²) in [6, 6.07) is 7.75. The summed E-state index contributed by atoms with van der Waals surface area (Å²) < 4.78 is 4.94. The normalized spacial score (nSPS) is 28.5. The van der Waals surface area contributed by atoms with Gasteiger partial charge < -0.3 is 19.6 Å². The molecule has 0 aliphatic carbocycles. The second kappa shape index (κ2) is 13.7. The highest BCUT2D eigenvalue weighted by molar-refractivity contribution is 9.09. The van der Waals surface area contributed by atoms with Crippen LogP contribution < -0.4 is 0 Å². The minimum atomic E-state index is -0.878. The summed E-state index contributed by atoms with van der Waals surface area (Å²) in [6.45, 7) is 18.6. The Bertz CT molecular complexity index is 1230. The molecular formula is C35H49BrN2O5S. The highest BCUT2D eigenvalue weighted by atomic mass is 79.9. The Morgan fingerprint density at radius 1 is 1.18 bits per heavy atom. The first-order valence-electron chi connectivity index (χ1n) is 15.7. The lowest BCUT2D eigenvalue weighted by molar-refractivity contribution is -0.154. The molecule has 9 heteroatoms. The molecule has 242 valence electrons. The summed E-state index contributed by atoms with van der Waals surface area (Å²) in [5.74, 6) is -2.22. The number of halogens is 1. The maximum absolute atomic E-state index is 15.1. The van der Waals surface area contributed by atoms with Crippen LogP contribution in [0.2, 0.25) is 0 Å². The van der Waals surface area contributed by atoms with Crippen LogP contribution in [0.1, 0.15) is 78.3 Å². The van der Waals surface area contributed by atoms with Crippen LogP contribution in [-0.4, -0.2) is 78.9 Å². The van der Waals surface area contributed by atoms with Gasteiger partial charge in [-0.1, -0.05) is 79.2 Å². The Kier molecular flexibility index (Phi) is 10.8. The van der Waals surface area contributed by atoms with Gasteiger partial charge in [-0.3, -0.25) is 14.4 Å². The molecule has 3 unspecified atom stereocenters. The molecule has 7 nitrogen and oxygen atoms in total. The van der Waals surface area contributed by atoms with E-state index in [-0.39, 0.29) is 46.5 Å². The molecule has 1 aromatic rings. The molecule has 2 amide bonds. The number of alkyl halides is 1. The lowest BCUT2D eigenvalue weighted by atomic mass is 9.70. The molecule has 1 aromatic carbocycles. The van der Waals surface area contributed by atoms with Crippen LogP contribution in [0.3, 0.4) is 0 Å². The van der Waals surface area contributed by atoms with Crippen molar-refractivity contribution in [3.63, 3.8) is 0 Å². The Balaban J connectivity index is 1.80. The number of likely N-dealkylation sites (tertiary alicyclic amines) is 1. The standard InChI is InChI=1S/C35H49BrN2O5S/c1-8-10-11-15-19-43-32(42)26-27-30(40)38(25(21-39)23-16-13-12-14-17-23)29(35(27)20-24(36)28(26)44-35)31(41)37(18-9-2)34(6,7)22-33(3,4)5/h8-9,12-14,16-17,24-29,39H,1-2,10-11,15,18-22H2,3-7H3/t24?,25-,26-,27+,28-,29?,35?/m1/s1. The van der Waals surface area contributed by atoms with Gasteiger partial charge in [-0.15, -0.1) is 24.9 Å². The van der Waals surface area contributed by atoms with Crippen LogP contribution in [0, 0.1) is 17.3 Å². The molecule has 7 atom stereocenters. The Hall–Kier alpha value is -2.10. The topological polar surface area (TPSA) is 87.2 Å². The lowest BCUT2D eigenvalue weighted by Crippen LogP contribution is -2.60. The number of aliphatic hydroxyl groups is 1. The van der Waals surface area contributed by atoms with Crippen molar-refractivity contribution in [1.82, 2.24) is 9.80 Å². The summed E-state index contributed by atoms with van der Waals surface area (Å²) in [5, 5.41) is 10.6. The van der Waals surface area contributed by atoms with Crippen molar-refractivity contribution < 1.29 is 24.2 Å². The highest BCUT2D eigenvalue weighted by Gasteiger charge is 2.77. The summed E-state index contributed by atoms with van der Waals surface area (Å²) in [4.78, 5) is 47.0. The van der Waals surface area contributed by atoms with Crippen molar-refractivity contribution in [2.45, 2.75) is 99.2 Å². The van der Waals surface area contributed by atoms with E-state index in [4.69, 9.17) is 4.74 Å². The van der Waals surface area contributed by atoms with E-state index in [1.165, 1.54) is 0 Å². The smallest absolute Gasteiger partial charge is 0.310 e. The van der Waals surface area contributed by atoms with Crippen molar-refractivity contribution in [1.29, 1.82) is 0 Å². The molecule has 0 radical (unpaired) electrons. The number of hydrogen-bond donors (Lipinski definition) is 1. The number of amides is 2. The number of rotatable bonds is 14. The molecule has 1 spiro atoms. The van der Waals surface area contributed by atoms with E-state index in [9.17, 15) is 14.7 Å². The molecule has 4 rings (SSSR count). The third kappa shape index (κ3) is 6.57. The lowest BCUT2D eigenvalue weighted by Gasteiger charge is -2.46. The van der Waals surface area contributed by atoms with E-state index in [0.717, 1.165) is 31.2 Å². The van der Waals surface area contributed by atoms with E-state index < -0.39 is 34.2 Å². The molecule has 3 saturated heterocycles. The van der Waals surface area contributed by atoms with Crippen LogP contribution in [-0.2, 0) is 19.1 Å². The number of nitrogens with zero attached hydrogens (tertiary/aromatic N) is 2. The summed E-state index contributed by atoms with van der Waals surface area (Å²) in [7, 11) is 0. The van der Waals surface area contributed by atoms with E-state index in [0.29, 0.717) is 13.0 Å². The molecule has 44 heavy (non-hydrogen) atoms. The minimum Gasteiger partial charge on any atom is -0.465 e. The minimum absolute atomic E-state index is 0.0606. The Morgan fingerprint density at radius 2 is 1.86 bits per heavy atom. The Morgan fingerprint density at radius 3 is 2.45 bits per heavy atom. The number of fused-ring (bicyclic) bond motifs is 1. The van der Waals surface area contributed by atoms with E-state index in [1.54, 1.807) is 22.7 Å². The molecule has 0 saturated carbocycles. The van der Waals surface area contributed by atoms with Crippen molar-refractivity contribution in [3.05, 3.63) is 61.2 Å². The van der Waals surface area contributed by atoms with Gasteiger partial charge in [-0.2, -0.15) is 0 Å². The first-order valence-corrected chi connectivity index (χ1v) is 17.5. The van der Waals surface area contributed by atoms with Crippen LogP contribution in [0.15, 0.2) is 55.6 Å². The van der Waals surface area contributed by atoms with Crippen molar-refractivity contribution in [2.75, 3.05) is 19.8 Å². The molecule has 3 aliphatic rings. The first kappa shape index (κ1) is 34.8. The van der Waals surface area contributed by atoms with E-state index in [2.05, 4.69) is 63.7 Å². The number of allylic oxidation sites excluding steroid dienone is 1. The molecule has 0 aromatic heterocycles. The molecule has 3 aliphatic heterocycles. The number of hydrogen-bond acceptors (Lipinski definition) is 6. The van der Waals surface area contributed by atoms with Crippen LogP contribution >= 0.6 is 27.7 Å². The van der Waals surface area contributed by atoms with E-state index >= 15 is 4.79 Å². The Labute approximate surface area is 276 Å². The number of carbonyl (C=O) groups is 3. The largest absolute Gasteiger partial charge is 0.465 e. The second-order valence-corrected chi connectivity index (χ2v) is 17.0. The van der Waals surface area contributed by atoms with Gasteiger partial charge in [0.1, 0.15) is 6.04 Å². The molecule has 3 fully saturated rings. The van der Waals surface area contributed by atoms with Gasteiger partial charge in [0, 0.05) is 22.2 Å². The van der Waals surface area contributed by atoms with Crippen LogP contribution in [0.4, 0.5) is 0 Å². The number of aliphatic hydroxyl groups excluding tert-OH is 1. The summed E-state index contributed by atoms with van der Waals surface area (Å²) in [6.07, 6.45) is 7.31. The molecular weight excluding hydrogens is 640 g/mol. The fraction of sp³-hybridized carbons (Fsp3) is 0.629. The summed E-state index contributed by atoms with van der Waals surface area (Å²) >= 11 is 5.43. The zero-order valence-corrected chi connectivity index (χ0v) is 29.2. The zero-order valence-electron chi connectivity index (χ0n) is 26.8. The van der Waals surface area contributed by atoms with Crippen molar-refractivity contribution >= 4 is 45.5 Å². The SMILES string of the molecule is C=CCCCCOC(=O)[C@H]1[C@@H]2SC3(CC2Br)C(C(=O)N(CC=C)C(C)(C)CC(C)(C)C)N([C@H](CO)c2ccccc2)C(=O)[C@H]13. The summed E-state index contributed by atoms with van der Waals surface area (Å²) in [5.41, 5.74) is 0.139. The van der Waals surface area contributed by atoms with Gasteiger partial charge in [0.25, 0.3) is 0 Å². The number of thioether (sulfide) groups is 1. The fourth-order valence-electron chi connectivity index (χ4n) is 7.95. The third-order valence-electron chi connectivity index (χ3n) is 9.24. The number of esters is 1. The number of unbranched alkanes of at least 4 members (excludes halogenated alkanes) is 2. The van der Waals surface area contributed by atoms with Gasteiger partial charge in [0.05, 0.1) is 35.8 Å². The monoisotopic (exact) mass is 688 g/mol. The maximum Gasteiger partial charge on any atom is 0.310 e. The molecule has 1 N–H and O–H groups in total. The number of ether oxygens (including phenoxy) is 1. The average molecular weight is 690 g/mol. The quantitative estimate of drug-likeness (QED) is 0.107.